The zero-order chi connectivity index (χ0) is 26.9. The topological polar surface area (TPSA) is 53.9 Å². The molecule has 1 aliphatic heterocycles. The van der Waals surface area contributed by atoms with Gasteiger partial charge in [-0.15, -0.1) is 0 Å². The molecular formula is C27H23F6N5. The second-order valence-corrected chi connectivity index (χ2v) is 9.16. The van der Waals surface area contributed by atoms with Gasteiger partial charge in [0.05, 0.1) is 28.2 Å². The van der Waals surface area contributed by atoms with Crippen LogP contribution in [-0.2, 0) is 18.9 Å². The number of hydrogen-bond donors (Lipinski definition) is 1. The largest absolute Gasteiger partial charge is 0.418 e. The first-order valence-corrected chi connectivity index (χ1v) is 12.1. The first-order chi connectivity index (χ1) is 18.1. The number of benzene rings is 1. The van der Waals surface area contributed by atoms with E-state index < -0.39 is 23.5 Å². The molecule has 198 valence electrons. The molecule has 0 atom stereocenters. The first-order valence-electron chi connectivity index (χ1n) is 12.1. The predicted molar refractivity (Wildman–Crippen MR) is 132 cm³/mol. The number of alkyl halides is 6. The van der Waals surface area contributed by atoms with E-state index in [0.717, 1.165) is 50.6 Å². The van der Waals surface area contributed by atoms with Crippen LogP contribution in [0.3, 0.4) is 0 Å². The van der Waals surface area contributed by atoms with Gasteiger partial charge in [-0.05, 0) is 80.5 Å². The number of rotatable bonds is 5. The molecule has 38 heavy (non-hydrogen) atoms. The van der Waals surface area contributed by atoms with Gasteiger partial charge in [0.2, 0.25) is 0 Å². The number of nitrogens with zero attached hydrogens (tertiary/aromatic N) is 4. The molecule has 0 amide bonds. The van der Waals surface area contributed by atoms with Crippen molar-refractivity contribution in [3.63, 3.8) is 0 Å². The number of nitrogens with one attached hydrogen (secondary N) is 1. The van der Waals surface area contributed by atoms with Crippen molar-refractivity contribution in [1.29, 1.82) is 0 Å². The van der Waals surface area contributed by atoms with Gasteiger partial charge in [0, 0.05) is 23.8 Å². The Morgan fingerprint density at radius 1 is 0.816 bits per heavy atom. The second-order valence-electron chi connectivity index (χ2n) is 9.16. The molecule has 4 heterocycles. The highest BCUT2D eigenvalue weighted by Crippen LogP contribution is 2.36. The third-order valence-corrected chi connectivity index (χ3v) is 6.41. The highest BCUT2D eigenvalue weighted by atomic mass is 19.4. The third kappa shape index (κ3) is 5.72. The summed E-state index contributed by atoms with van der Waals surface area (Å²) in [4.78, 5) is 15.3. The molecule has 1 saturated heterocycles. The Hall–Kier alpha value is -3.73. The molecule has 0 saturated carbocycles. The number of hydrogen-bond acceptors (Lipinski definition) is 5. The number of anilines is 2. The molecule has 4 aromatic rings. The summed E-state index contributed by atoms with van der Waals surface area (Å²) in [5, 5.41) is 3.65. The number of aromatic nitrogens is 3. The van der Waals surface area contributed by atoms with Crippen LogP contribution >= 0.6 is 0 Å². The summed E-state index contributed by atoms with van der Waals surface area (Å²) in [6.07, 6.45) is -4.52. The van der Waals surface area contributed by atoms with Gasteiger partial charge in [-0.3, -0.25) is 9.88 Å². The minimum Gasteiger partial charge on any atom is -0.355 e. The lowest BCUT2D eigenvalue weighted by molar-refractivity contribution is -0.138. The zero-order valence-electron chi connectivity index (χ0n) is 20.1. The molecule has 1 aliphatic rings. The van der Waals surface area contributed by atoms with Crippen molar-refractivity contribution in [2.75, 3.05) is 18.4 Å². The van der Waals surface area contributed by atoms with Crippen LogP contribution in [0.1, 0.15) is 36.1 Å². The quantitative estimate of drug-likeness (QED) is 0.271. The Kier molecular flexibility index (Phi) is 6.95. The summed E-state index contributed by atoms with van der Waals surface area (Å²) in [6, 6.07) is 11.6. The van der Waals surface area contributed by atoms with E-state index in [0.29, 0.717) is 29.0 Å². The van der Waals surface area contributed by atoms with Crippen LogP contribution in [0.25, 0.3) is 22.4 Å². The van der Waals surface area contributed by atoms with E-state index in [4.69, 9.17) is 0 Å². The fourth-order valence-corrected chi connectivity index (χ4v) is 4.56. The standard InChI is InChI=1S/C27H23F6N5/c28-26(29,30)17-6-8-18(9-7-17)35-23-15-19(16-38-13-2-1-3-14-38)36-25-20(23)10-11-22(37-25)24-21(27(31,32)33)5-4-12-34-24/h4-12,15H,1-3,13-14,16H2,(H,35,36,37). The molecule has 5 nitrogen and oxygen atoms in total. The highest BCUT2D eigenvalue weighted by molar-refractivity contribution is 5.92. The third-order valence-electron chi connectivity index (χ3n) is 6.41. The lowest BCUT2D eigenvalue weighted by atomic mass is 10.1. The molecule has 3 aromatic heterocycles. The summed E-state index contributed by atoms with van der Waals surface area (Å²) in [5.74, 6) is 0. The first kappa shape index (κ1) is 25.9. The minimum absolute atomic E-state index is 0.0218. The SMILES string of the molecule is FC(F)(F)c1ccc(Nc2cc(CN3CCCCC3)nc3nc(-c4ncccc4C(F)(F)F)ccc23)cc1. The van der Waals surface area contributed by atoms with Gasteiger partial charge in [0.1, 0.15) is 5.69 Å². The van der Waals surface area contributed by atoms with E-state index in [2.05, 4.69) is 25.2 Å². The van der Waals surface area contributed by atoms with Gasteiger partial charge < -0.3 is 5.32 Å². The number of halogens is 6. The number of pyridine rings is 3. The second kappa shape index (κ2) is 10.2. The van der Waals surface area contributed by atoms with E-state index in [1.165, 1.54) is 30.5 Å². The Morgan fingerprint density at radius 2 is 1.55 bits per heavy atom. The molecule has 0 spiro atoms. The highest BCUT2D eigenvalue weighted by Gasteiger charge is 2.35. The van der Waals surface area contributed by atoms with Crippen LogP contribution in [0.4, 0.5) is 37.7 Å². The van der Waals surface area contributed by atoms with Crippen LogP contribution in [0.2, 0.25) is 0 Å². The molecule has 0 unspecified atom stereocenters. The summed E-state index contributed by atoms with van der Waals surface area (Å²) in [5.41, 5.74) is -0.132. The predicted octanol–water partition coefficient (Wildman–Crippen LogP) is 7.46. The lowest BCUT2D eigenvalue weighted by Crippen LogP contribution is -2.29. The summed E-state index contributed by atoms with van der Waals surface area (Å²) in [7, 11) is 0. The van der Waals surface area contributed by atoms with E-state index in [1.54, 1.807) is 12.1 Å². The van der Waals surface area contributed by atoms with Crippen LogP contribution in [0.5, 0.6) is 0 Å². The van der Waals surface area contributed by atoms with Gasteiger partial charge in [0.25, 0.3) is 0 Å². The van der Waals surface area contributed by atoms with Crippen LogP contribution in [-0.4, -0.2) is 32.9 Å². The Morgan fingerprint density at radius 3 is 2.24 bits per heavy atom. The van der Waals surface area contributed by atoms with Crippen molar-refractivity contribution in [3.05, 3.63) is 77.6 Å². The van der Waals surface area contributed by atoms with E-state index >= 15 is 0 Å². The average molecular weight is 532 g/mol. The van der Waals surface area contributed by atoms with E-state index in [1.807, 2.05) is 0 Å². The molecule has 0 aliphatic carbocycles. The normalized spacial score (nSPS) is 15.1. The Balaban J connectivity index is 1.57. The molecule has 0 bridgehead atoms. The summed E-state index contributed by atoms with van der Waals surface area (Å²) in [6.45, 7) is 2.32. The van der Waals surface area contributed by atoms with E-state index in [-0.39, 0.29) is 17.0 Å². The Bertz CT molecular complexity index is 1430. The number of likely N-dealkylation sites (tertiary alicyclic amines) is 1. The van der Waals surface area contributed by atoms with Crippen molar-refractivity contribution < 1.29 is 26.3 Å². The smallest absolute Gasteiger partial charge is 0.355 e. The lowest BCUT2D eigenvalue weighted by Gasteiger charge is -2.26. The maximum atomic E-state index is 13.6. The molecule has 11 heteroatoms. The van der Waals surface area contributed by atoms with Crippen molar-refractivity contribution in [3.8, 4) is 11.4 Å². The van der Waals surface area contributed by atoms with Gasteiger partial charge in [0.15, 0.2) is 5.65 Å². The number of fused-ring (bicyclic) bond motifs is 1. The minimum atomic E-state index is -4.61. The monoisotopic (exact) mass is 531 g/mol. The number of piperidine rings is 1. The van der Waals surface area contributed by atoms with Crippen LogP contribution in [0.15, 0.2) is 60.8 Å². The molecule has 5 rings (SSSR count). The van der Waals surface area contributed by atoms with Crippen molar-refractivity contribution in [2.45, 2.75) is 38.2 Å². The summed E-state index contributed by atoms with van der Waals surface area (Å²) >= 11 is 0. The van der Waals surface area contributed by atoms with Crippen molar-refractivity contribution in [2.24, 2.45) is 0 Å². The molecule has 1 N–H and O–H groups in total. The zero-order valence-corrected chi connectivity index (χ0v) is 20.1. The molecule has 1 aromatic carbocycles. The fourth-order valence-electron chi connectivity index (χ4n) is 4.56. The fraction of sp³-hybridized carbons (Fsp3) is 0.296. The molecule has 0 radical (unpaired) electrons. The molecule has 1 fully saturated rings. The van der Waals surface area contributed by atoms with Gasteiger partial charge >= 0.3 is 12.4 Å². The maximum absolute atomic E-state index is 13.6. The Labute approximate surface area is 214 Å². The summed E-state index contributed by atoms with van der Waals surface area (Å²) < 4.78 is 79.8. The van der Waals surface area contributed by atoms with Gasteiger partial charge in [-0.2, -0.15) is 26.3 Å². The molecular weight excluding hydrogens is 508 g/mol. The van der Waals surface area contributed by atoms with Crippen molar-refractivity contribution in [1.82, 2.24) is 19.9 Å². The van der Waals surface area contributed by atoms with Gasteiger partial charge in [-0.25, -0.2) is 9.97 Å². The van der Waals surface area contributed by atoms with Crippen molar-refractivity contribution >= 4 is 22.4 Å². The van der Waals surface area contributed by atoms with Crippen LogP contribution in [0, 0.1) is 0 Å². The average Bonchev–Trinajstić information content (AvgIpc) is 2.88. The van der Waals surface area contributed by atoms with Gasteiger partial charge in [-0.1, -0.05) is 6.42 Å². The van der Waals surface area contributed by atoms with E-state index in [9.17, 15) is 26.3 Å². The van der Waals surface area contributed by atoms with Crippen LogP contribution < -0.4 is 5.32 Å². The maximum Gasteiger partial charge on any atom is 0.418 e.